The Balaban J connectivity index is 2.29. The molecule has 2 rings (SSSR count). The predicted molar refractivity (Wildman–Crippen MR) is 62.1 cm³/mol. The third-order valence-corrected chi connectivity index (χ3v) is 3.96. The van der Waals surface area contributed by atoms with Gasteiger partial charge in [0.05, 0.1) is 5.69 Å². The zero-order chi connectivity index (χ0) is 11.5. The summed E-state index contributed by atoms with van der Waals surface area (Å²) < 4.78 is 5.26. The van der Waals surface area contributed by atoms with Crippen LogP contribution in [0.25, 0.3) is 0 Å². The molecule has 1 fully saturated rings. The van der Waals surface area contributed by atoms with Crippen molar-refractivity contribution in [3.05, 3.63) is 17.3 Å². The smallest absolute Gasteiger partial charge is 0.373 e. The van der Waals surface area contributed by atoms with E-state index in [9.17, 15) is 4.79 Å². The van der Waals surface area contributed by atoms with Crippen molar-refractivity contribution in [2.45, 2.75) is 32.1 Å². The molecule has 1 aromatic heterocycles. The van der Waals surface area contributed by atoms with Gasteiger partial charge >= 0.3 is 5.97 Å². The molecule has 2 heterocycles. The number of aromatic carboxylic acids is 1. The van der Waals surface area contributed by atoms with Crippen molar-refractivity contribution >= 4 is 17.7 Å². The van der Waals surface area contributed by atoms with Gasteiger partial charge in [0.15, 0.2) is 5.89 Å². The van der Waals surface area contributed by atoms with Gasteiger partial charge < -0.3 is 9.52 Å². The first-order valence-corrected chi connectivity index (χ1v) is 6.68. The summed E-state index contributed by atoms with van der Waals surface area (Å²) >= 11 is 1.86. The molecule has 5 heteroatoms. The number of carbonyl (C=O) groups is 1. The molecule has 1 aliphatic heterocycles. The molecule has 0 bridgehead atoms. The van der Waals surface area contributed by atoms with Crippen LogP contribution in [0.1, 0.15) is 47.8 Å². The molecule has 0 radical (unpaired) electrons. The molecule has 88 valence electrons. The number of hydrogen-bond acceptors (Lipinski definition) is 4. The lowest BCUT2D eigenvalue weighted by Crippen LogP contribution is -2.12. The monoisotopic (exact) mass is 241 g/mol. The van der Waals surface area contributed by atoms with Crippen LogP contribution in [0.3, 0.4) is 0 Å². The van der Waals surface area contributed by atoms with Crippen molar-refractivity contribution < 1.29 is 14.3 Å². The molecule has 0 amide bonds. The fourth-order valence-corrected chi connectivity index (χ4v) is 3.06. The quantitative estimate of drug-likeness (QED) is 0.881. The maximum Gasteiger partial charge on any atom is 0.373 e. The summed E-state index contributed by atoms with van der Waals surface area (Å²) in [5.41, 5.74) is 0.650. The number of hydrogen-bond donors (Lipinski definition) is 1. The average molecular weight is 241 g/mol. The third-order valence-electron chi connectivity index (χ3n) is 2.74. The van der Waals surface area contributed by atoms with Crippen molar-refractivity contribution in [3.63, 3.8) is 0 Å². The molecular formula is C11H15NO3S. The van der Waals surface area contributed by atoms with E-state index in [0.29, 0.717) is 18.0 Å². The first kappa shape index (κ1) is 11.5. The van der Waals surface area contributed by atoms with Gasteiger partial charge in [0.2, 0.25) is 5.76 Å². The summed E-state index contributed by atoms with van der Waals surface area (Å²) in [6, 6.07) is 0. The van der Waals surface area contributed by atoms with Crippen LogP contribution in [0.5, 0.6) is 0 Å². The minimum Gasteiger partial charge on any atom is -0.475 e. The summed E-state index contributed by atoms with van der Waals surface area (Å²) in [7, 11) is 0. The fourth-order valence-electron chi connectivity index (χ4n) is 1.92. The molecule has 0 saturated carbocycles. The van der Waals surface area contributed by atoms with Crippen LogP contribution in [0.2, 0.25) is 0 Å². The van der Waals surface area contributed by atoms with E-state index in [0.717, 1.165) is 24.3 Å². The maximum atomic E-state index is 11.1. The summed E-state index contributed by atoms with van der Waals surface area (Å²) in [5.74, 6) is 1.94. The molecule has 0 aliphatic carbocycles. The number of carboxylic acids is 1. The number of thioether (sulfide) groups is 1. The van der Waals surface area contributed by atoms with Crippen molar-refractivity contribution in [1.29, 1.82) is 0 Å². The number of carboxylic acid groups (broad SMARTS) is 1. The first-order chi connectivity index (χ1) is 7.72. The van der Waals surface area contributed by atoms with Crippen molar-refractivity contribution in [3.8, 4) is 0 Å². The molecule has 1 aromatic rings. The van der Waals surface area contributed by atoms with E-state index in [2.05, 4.69) is 4.98 Å². The molecule has 1 aliphatic rings. The minimum atomic E-state index is -1.00. The number of oxazole rings is 1. The van der Waals surface area contributed by atoms with E-state index >= 15 is 0 Å². The Morgan fingerprint density at radius 1 is 1.69 bits per heavy atom. The van der Waals surface area contributed by atoms with Crippen molar-refractivity contribution in [2.75, 3.05) is 11.5 Å². The molecule has 0 aromatic carbocycles. The Morgan fingerprint density at radius 3 is 3.06 bits per heavy atom. The third kappa shape index (κ3) is 2.24. The lowest BCUT2D eigenvalue weighted by molar-refractivity contribution is 0.0658. The summed E-state index contributed by atoms with van der Waals surface area (Å²) in [5, 5.41) is 9.06. The SMILES string of the molecule is CCc1nc(C2CCCSC2)c(C(=O)O)o1. The van der Waals surface area contributed by atoms with Gasteiger partial charge in [-0.1, -0.05) is 6.92 Å². The van der Waals surface area contributed by atoms with Gasteiger partial charge in [-0.2, -0.15) is 11.8 Å². The van der Waals surface area contributed by atoms with E-state index in [1.807, 2.05) is 18.7 Å². The number of nitrogens with zero attached hydrogens (tertiary/aromatic N) is 1. The van der Waals surface area contributed by atoms with Crippen LogP contribution in [-0.2, 0) is 6.42 Å². The number of aromatic nitrogens is 1. The van der Waals surface area contributed by atoms with Crippen LogP contribution < -0.4 is 0 Å². The van der Waals surface area contributed by atoms with E-state index in [1.54, 1.807) is 0 Å². The van der Waals surface area contributed by atoms with Crippen molar-refractivity contribution in [2.24, 2.45) is 0 Å². The first-order valence-electron chi connectivity index (χ1n) is 5.53. The Kier molecular flexibility index (Phi) is 3.53. The Morgan fingerprint density at radius 2 is 2.50 bits per heavy atom. The fraction of sp³-hybridized carbons (Fsp3) is 0.636. The second kappa shape index (κ2) is 4.91. The average Bonchev–Trinajstić information content (AvgIpc) is 2.74. The van der Waals surface area contributed by atoms with Crippen LogP contribution in [-0.4, -0.2) is 27.6 Å². The highest BCUT2D eigenvalue weighted by atomic mass is 32.2. The van der Waals surface area contributed by atoms with Gasteiger partial charge in [-0.15, -0.1) is 0 Å². The zero-order valence-corrected chi connectivity index (χ0v) is 10.0. The minimum absolute atomic E-state index is 0.0457. The highest BCUT2D eigenvalue weighted by Crippen LogP contribution is 2.32. The number of aryl methyl sites for hydroxylation is 1. The second-order valence-electron chi connectivity index (χ2n) is 3.89. The zero-order valence-electron chi connectivity index (χ0n) is 9.23. The molecule has 1 atom stereocenters. The normalized spacial score (nSPS) is 20.9. The van der Waals surface area contributed by atoms with E-state index in [4.69, 9.17) is 9.52 Å². The van der Waals surface area contributed by atoms with E-state index in [1.165, 1.54) is 0 Å². The molecule has 0 spiro atoms. The van der Waals surface area contributed by atoms with Gasteiger partial charge in [-0.25, -0.2) is 9.78 Å². The van der Waals surface area contributed by atoms with Gasteiger partial charge in [0, 0.05) is 18.1 Å². The van der Waals surface area contributed by atoms with Crippen LogP contribution >= 0.6 is 11.8 Å². The van der Waals surface area contributed by atoms with E-state index in [-0.39, 0.29) is 11.7 Å². The lowest BCUT2D eigenvalue weighted by Gasteiger charge is -2.19. The van der Waals surface area contributed by atoms with Crippen LogP contribution in [0, 0.1) is 0 Å². The summed E-state index contributed by atoms with van der Waals surface area (Å²) in [6.45, 7) is 1.91. The molecule has 4 nitrogen and oxygen atoms in total. The second-order valence-corrected chi connectivity index (χ2v) is 5.04. The summed E-state index contributed by atoms with van der Waals surface area (Å²) in [4.78, 5) is 15.4. The largest absolute Gasteiger partial charge is 0.475 e. The van der Waals surface area contributed by atoms with Gasteiger partial charge in [-0.05, 0) is 18.6 Å². The van der Waals surface area contributed by atoms with Gasteiger partial charge in [0.1, 0.15) is 0 Å². The van der Waals surface area contributed by atoms with Crippen molar-refractivity contribution in [1.82, 2.24) is 4.98 Å². The molecule has 16 heavy (non-hydrogen) atoms. The highest BCUT2D eigenvalue weighted by Gasteiger charge is 2.27. The number of rotatable bonds is 3. The maximum absolute atomic E-state index is 11.1. The summed E-state index contributed by atoms with van der Waals surface area (Å²) in [6.07, 6.45) is 2.78. The van der Waals surface area contributed by atoms with Gasteiger partial charge in [0.25, 0.3) is 0 Å². The molecule has 1 saturated heterocycles. The highest BCUT2D eigenvalue weighted by molar-refractivity contribution is 7.99. The topological polar surface area (TPSA) is 63.3 Å². The molecule has 1 unspecified atom stereocenters. The van der Waals surface area contributed by atoms with E-state index < -0.39 is 5.97 Å². The van der Waals surface area contributed by atoms with Crippen LogP contribution in [0.4, 0.5) is 0 Å². The Bertz CT molecular complexity index is 383. The standard InChI is InChI=1S/C11H15NO3S/c1-2-8-12-9(10(15-8)11(13)14)7-4-3-5-16-6-7/h7H,2-6H2,1H3,(H,13,14). The Labute approximate surface area is 98.4 Å². The Hall–Kier alpha value is -0.970. The van der Waals surface area contributed by atoms with Crippen LogP contribution in [0.15, 0.2) is 4.42 Å². The molecule has 1 N–H and O–H groups in total. The molecular weight excluding hydrogens is 226 g/mol. The predicted octanol–water partition coefficient (Wildman–Crippen LogP) is 2.55. The van der Waals surface area contributed by atoms with Gasteiger partial charge in [-0.3, -0.25) is 0 Å². The lowest BCUT2D eigenvalue weighted by atomic mass is 10.0.